The van der Waals surface area contributed by atoms with Gasteiger partial charge in [-0.15, -0.1) is 0 Å². The van der Waals surface area contributed by atoms with E-state index in [9.17, 15) is 14.4 Å². The number of carbonyl (C=O) groups is 3. The van der Waals surface area contributed by atoms with E-state index in [1.807, 2.05) is 54.5 Å². The largest absolute Gasteiger partial charge is 0.494 e. The van der Waals surface area contributed by atoms with E-state index in [-0.39, 0.29) is 23.8 Å². The number of aryl methyl sites for hydroxylation is 1. The lowest BCUT2D eigenvalue weighted by Gasteiger charge is -2.25. The first-order valence-electron chi connectivity index (χ1n) is 19.6. The fourth-order valence-electron chi connectivity index (χ4n) is 6.36. The molecule has 0 radical (unpaired) electrons. The van der Waals surface area contributed by atoms with Crippen molar-refractivity contribution < 1.29 is 33.3 Å². The van der Waals surface area contributed by atoms with Crippen LogP contribution in [-0.4, -0.2) is 48.9 Å². The highest BCUT2D eigenvalue weighted by Crippen LogP contribution is 2.33. The number of hydrazone groups is 1. The van der Waals surface area contributed by atoms with Crippen LogP contribution in [0.3, 0.4) is 0 Å². The van der Waals surface area contributed by atoms with E-state index < -0.39 is 5.97 Å². The number of nitrogens with zero attached hydrogens (tertiary/aromatic N) is 3. The number of esters is 3. The maximum absolute atomic E-state index is 13.2. The summed E-state index contributed by atoms with van der Waals surface area (Å²) in [4.78, 5) is 42.1. The van der Waals surface area contributed by atoms with E-state index in [4.69, 9.17) is 29.0 Å². The molecule has 4 aromatic rings. The van der Waals surface area contributed by atoms with Crippen LogP contribution in [0.2, 0.25) is 0 Å². The molecule has 1 fully saturated rings. The van der Waals surface area contributed by atoms with E-state index in [1.54, 1.807) is 35.6 Å². The summed E-state index contributed by atoms with van der Waals surface area (Å²) in [5, 5.41) is 7.71. The summed E-state index contributed by atoms with van der Waals surface area (Å²) in [6, 6.07) is 20.8. The summed E-state index contributed by atoms with van der Waals surface area (Å²) in [7, 11) is 0. The predicted molar refractivity (Wildman–Crippen MR) is 218 cm³/mol. The maximum atomic E-state index is 13.2. The third-order valence-electron chi connectivity index (χ3n) is 9.69. The van der Waals surface area contributed by atoms with Gasteiger partial charge in [-0.3, -0.25) is 9.59 Å². The third kappa shape index (κ3) is 13.1. The average molecular weight is 768 g/mol. The van der Waals surface area contributed by atoms with Gasteiger partial charge in [-0.05, 0) is 119 Å². The predicted octanol–water partition coefficient (Wildman–Crippen LogP) is 10.0. The summed E-state index contributed by atoms with van der Waals surface area (Å²) in [5.41, 5.74) is 2.86. The van der Waals surface area contributed by atoms with Crippen molar-refractivity contribution in [3.05, 3.63) is 90.5 Å². The van der Waals surface area contributed by atoms with Gasteiger partial charge in [0.15, 0.2) is 0 Å². The van der Waals surface area contributed by atoms with Crippen LogP contribution in [0, 0.1) is 18.8 Å². The van der Waals surface area contributed by atoms with Crippen molar-refractivity contribution in [1.82, 2.24) is 4.98 Å². The number of thiazole rings is 1. The summed E-state index contributed by atoms with van der Waals surface area (Å²) < 4.78 is 23.5. The van der Waals surface area contributed by atoms with E-state index in [2.05, 4.69) is 19.6 Å². The van der Waals surface area contributed by atoms with Crippen molar-refractivity contribution in [3.63, 3.8) is 0 Å². The number of ether oxygens (including phenoxy) is 4. The van der Waals surface area contributed by atoms with E-state index in [1.165, 1.54) is 18.9 Å². The molecule has 0 saturated heterocycles. The van der Waals surface area contributed by atoms with Crippen molar-refractivity contribution in [2.24, 2.45) is 16.9 Å². The molecule has 1 aliphatic rings. The Bertz CT molecular complexity index is 1850. The lowest BCUT2D eigenvalue weighted by Crippen LogP contribution is -2.30. The molecule has 1 saturated carbocycles. The quantitative estimate of drug-likeness (QED) is 0.0204. The number of aromatic nitrogens is 1. The van der Waals surface area contributed by atoms with Crippen LogP contribution < -0.4 is 19.2 Å². The van der Waals surface area contributed by atoms with Crippen LogP contribution in [0.15, 0.2) is 84.5 Å². The van der Waals surface area contributed by atoms with Gasteiger partial charge in [-0.1, -0.05) is 62.3 Å². The second-order valence-corrected chi connectivity index (χ2v) is 14.9. The molecule has 11 heteroatoms. The first-order valence-corrected chi connectivity index (χ1v) is 20.4. The Morgan fingerprint density at radius 2 is 1.45 bits per heavy atom. The zero-order chi connectivity index (χ0) is 38.8. The Kier molecular flexibility index (Phi) is 16.3. The number of hydrogen-bond donors (Lipinski definition) is 0. The Balaban J connectivity index is 1.06. The third-order valence-corrected chi connectivity index (χ3v) is 10.7. The standard InChI is InChI=1S/C44H53N3O7S/c1-4-6-7-12-27-47(44-46-39-15-10-11-16-40(39)55-44)45-31-35-30-38(22-17-32(35)3)54-43(50)34-20-18-33(19-21-34)42(49)53-37-25-23-36(24-26-37)51-28-13-8-9-14-29-52-41(48)5-2/h5,10-11,15-17,22-26,30-31,33-34H,2,4,6-9,12-14,18-21,27-29H2,1,3H3/b45-31+/t33-,34+. The van der Waals surface area contributed by atoms with Crippen molar-refractivity contribution >= 4 is 50.8 Å². The van der Waals surface area contributed by atoms with Gasteiger partial charge < -0.3 is 18.9 Å². The highest BCUT2D eigenvalue weighted by Gasteiger charge is 2.32. The van der Waals surface area contributed by atoms with Crippen LogP contribution in [0.25, 0.3) is 10.2 Å². The molecule has 0 atom stereocenters. The molecule has 10 nitrogen and oxygen atoms in total. The van der Waals surface area contributed by atoms with Crippen molar-refractivity contribution in [1.29, 1.82) is 0 Å². The molecule has 1 aliphatic carbocycles. The summed E-state index contributed by atoms with van der Waals surface area (Å²) in [6.45, 7) is 9.34. The normalized spacial score (nSPS) is 15.5. The number of rotatable bonds is 21. The second kappa shape index (κ2) is 21.8. The average Bonchev–Trinajstić information content (AvgIpc) is 3.64. The number of hydrogen-bond acceptors (Lipinski definition) is 11. The number of fused-ring (bicyclic) bond motifs is 1. The van der Waals surface area contributed by atoms with Crippen molar-refractivity contribution in [2.45, 2.75) is 90.9 Å². The smallest absolute Gasteiger partial charge is 0.330 e. The molecule has 1 aromatic heterocycles. The first kappa shape index (κ1) is 41.1. The van der Waals surface area contributed by atoms with Crippen LogP contribution in [-0.2, 0) is 19.1 Å². The monoisotopic (exact) mass is 767 g/mol. The van der Waals surface area contributed by atoms with Gasteiger partial charge in [0.25, 0.3) is 0 Å². The molecule has 0 bridgehead atoms. The molecule has 0 amide bonds. The number of anilines is 1. The molecular weight excluding hydrogens is 715 g/mol. The number of benzene rings is 3. The van der Waals surface area contributed by atoms with Gasteiger partial charge in [-0.2, -0.15) is 5.10 Å². The minimum atomic E-state index is -0.393. The molecule has 0 unspecified atom stereocenters. The van der Waals surface area contributed by atoms with Crippen molar-refractivity contribution in [2.75, 3.05) is 24.8 Å². The Hall–Kier alpha value is -5.03. The summed E-state index contributed by atoms with van der Waals surface area (Å²) >= 11 is 1.63. The van der Waals surface area contributed by atoms with Crippen molar-refractivity contribution in [3.8, 4) is 17.2 Å². The number of unbranched alkanes of at least 4 members (excludes halogenated alkanes) is 6. The van der Waals surface area contributed by atoms with Crippen LogP contribution in [0.1, 0.15) is 95.1 Å². The zero-order valence-electron chi connectivity index (χ0n) is 32.1. The molecule has 0 aliphatic heterocycles. The number of para-hydroxylation sites is 1. The molecule has 0 N–H and O–H groups in total. The zero-order valence-corrected chi connectivity index (χ0v) is 32.9. The fourth-order valence-corrected chi connectivity index (χ4v) is 7.31. The minimum Gasteiger partial charge on any atom is -0.494 e. The SMILES string of the molecule is C=CC(=O)OCCCCCCOc1ccc(OC(=O)[C@H]2CC[C@@H](C(=O)Oc3ccc(C)c(/C=N/N(CCCCCC)c4nc5ccccc5s4)c3)CC2)cc1. The maximum Gasteiger partial charge on any atom is 0.330 e. The highest BCUT2D eigenvalue weighted by molar-refractivity contribution is 7.22. The molecule has 0 spiro atoms. The van der Waals surface area contributed by atoms with Gasteiger partial charge in [0.2, 0.25) is 5.13 Å². The summed E-state index contributed by atoms with van der Waals surface area (Å²) in [5.74, 6) is 0.124. The Morgan fingerprint density at radius 3 is 2.15 bits per heavy atom. The van der Waals surface area contributed by atoms with E-state index >= 15 is 0 Å². The topological polar surface area (TPSA) is 117 Å². The highest BCUT2D eigenvalue weighted by atomic mass is 32.1. The molecule has 292 valence electrons. The number of carbonyl (C=O) groups excluding carboxylic acids is 3. The molecule has 5 rings (SSSR count). The second-order valence-electron chi connectivity index (χ2n) is 13.9. The molecular formula is C44H53N3O7S. The van der Waals surface area contributed by atoms with Gasteiger partial charge in [-0.25, -0.2) is 14.8 Å². The fraction of sp³-hybridized carbons (Fsp3) is 0.432. The van der Waals surface area contributed by atoms with Gasteiger partial charge in [0.1, 0.15) is 17.2 Å². The van der Waals surface area contributed by atoms with Crippen LogP contribution in [0.4, 0.5) is 5.13 Å². The van der Waals surface area contributed by atoms with Crippen LogP contribution in [0.5, 0.6) is 17.2 Å². The van der Waals surface area contributed by atoms with E-state index in [0.717, 1.165) is 71.5 Å². The Labute approximate surface area is 328 Å². The Morgan fingerprint density at radius 1 is 0.818 bits per heavy atom. The lowest BCUT2D eigenvalue weighted by atomic mass is 9.82. The van der Waals surface area contributed by atoms with Gasteiger partial charge in [0.05, 0.1) is 41.5 Å². The molecule has 3 aromatic carbocycles. The van der Waals surface area contributed by atoms with Crippen LogP contribution >= 0.6 is 11.3 Å². The summed E-state index contributed by atoms with van der Waals surface area (Å²) in [6.07, 6.45) is 13.3. The van der Waals surface area contributed by atoms with Gasteiger partial charge in [0, 0.05) is 18.2 Å². The van der Waals surface area contributed by atoms with Gasteiger partial charge >= 0.3 is 17.9 Å². The lowest BCUT2D eigenvalue weighted by molar-refractivity contribution is -0.145. The first-order chi connectivity index (χ1) is 26.8. The molecule has 1 heterocycles. The van der Waals surface area contributed by atoms with E-state index in [0.29, 0.717) is 56.1 Å². The molecule has 55 heavy (non-hydrogen) atoms. The minimum absolute atomic E-state index is 0.275.